The van der Waals surface area contributed by atoms with Crippen LogP contribution in [0.25, 0.3) is 88.2 Å². The maximum Gasteiger partial charge on any atom is 0.164 e. The molecule has 6 heteroatoms. The molecular weight excluding hydrogens is 657 g/mol. The normalized spacial score (nSPS) is 15.0. The molecule has 1 aliphatic heterocycles. The van der Waals surface area contributed by atoms with Crippen LogP contribution in [0.2, 0.25) is 0 Å². The summed E-state index contributed by atoms with van der Waals surface area (Å²) in [5.74, 6) is 1.86. The van der Waals surface area contributed by atoms with Crippen LogP contribution in [-0.4, -0.2) is 21.0 Å². The molecule has 6 aromatic carbocycles. The molecule has 3 aromatic heterocycles. The van der Waals surface area contributed by atoms with Crippen molar-refractivity contribution >= 4 is 65.4 Å². The largest absolute Gasteiger partial charge is 0.456 e. The molecule has 0 fully saturated rings. The van der Waals surface area contributed by atoms with Crippen LogP contribution in [-0.2, 0) is 0 Å². The van der Waals surface area contributed by atoms with Gasteiger partial charge in [-0.1, -0.05) is 121 Å². The molecule has 5 nitrogen and oxygen atoms in total. The molecule has 2 aliphatic rings. The molecule has 0 saturated heterocycles. The Morgan fingerprint density at radius 3 is 2.27 bits per heavy atom. The lowest BCUT2D eigenvalue weighted by Gasteiger charge is -2.25. The van der Waals surface area contributed by atoms with Crippen LogP contribution in [0.1, 0.15) is 5.56 Å². The van der Waals surface area contributed by atoms with Gasteiger partial charge in [-0.25, -0.2) is 15.0 Å². The first-order valence-electron chi connectivity index (χ1n) is 17.4. The highest BCUT2D eigenvalue weighted by Gasteiger charge is 2.24. The highest BCUT2D eigenvalue weighted by molar-refractivity contribution is 7.17. The predicted molar refractivity (Wildman–Crippen MR) is 213 cm³/mol. The van der Waals surface area contributed by atoms with E-state index in [1.54, 1.807) is 0 Å². The van der Waals surface area contributed by atoms with Crippen LogP contribution in [0.15, 0.2) is 162 Å². The quantitative estimate of drug-likeness (QED) is 0.200. The number of nitrogens with one attached hydrogen (secondary N) is 1. The lowest BCUT2D eigenvalue weighted by molar-refractivity contribution is 0.669. The molecule has 1 unspecified atom stereocenters. The number of hydrogen-bond donors (Lipinski definition) is 1. The number of nitrogens with zero attached hydrogens (tertiary/aromatic N) is 3. The molecule has 0 spiro atoms. The second kappa shape index (κ2) is 11.5. The molecule has 4 heterocycles. The van der Waals surface area contributed by atoms with Gasteiger partial charge in [0.25, 0.3) is 0 Å². The second-order valence-corrected chi connectivity index (χ2v) is 14.3. The van der Waals surface area contributed by atoms with Crippen molar-refractivity contribution in [2.45, 2.75) is 6.04 Å². The minimum atomic E-state index is 0.104. The van der Waals surface area contributed by atoms with Crippen LogP contribution in [0.4, 0.5) is 0 Å². The summed E-state index contributed by atoms with van der Waals surface area (Å²) in [7, 11) is 0. The van der Waals surface area contributed by atoms with Gasteiger partial charge in [0.05, 0.1) is 11.7 Å². The minimum Gasteiger partial charge on any atom is -0.456 e. The van der Waals surface area contributed by atoms with Gasteiger partial charge >= 0.3 is 0 Å². The van der Waals surface area contributed by atoms with E-state index in [2.05, 4.69) is 102 Å². The first-order chi connectivity index (χ1) is 25.7. The molecule has 0 amide bonds. The van der Waals surface area contributed by atoms with Crippen LogP contribution in [0, 0.1) is 0 Å². The fraction of sp³-hybridized carbons (Fsp3) is 0.0217. The van der Waals surface area contributed by atoms with E-state index in [0.29, 0.717) is 17.5 Å². The Morgan fingerprint density at radius 2 is 1.35 bits per heavy atom. The number of rotatable bonds is 4. The number of fused-ring (bicyclic) bond motifs is 8. The monoisotopic (exact) mass is 684 g/mol. The van der Waals surface area contributed by atoms with E-state index < -0.39 is 0 Å². The summed E-state index contributed by atoms with van der Waals surface area (Å²) in [6.45, 7) is 0. The molecule has 52 heavy (non-hydrogen) atoms. The van der Waals surface area contributed by atoms with E-state index in [1.807, 2.05) is 72.0 Å². The summed E-state index contributed by atoms with van der Waals surface area (Å²) in [6.07, 6.45) is 8.76. The zero-order valence-electron chi connectivity index (χ0n) is 27.7. The first-order valence-corrected chi connectivity index (χ1v) is 18.2. The van der Waals surface area contributed by atoms with Crippen molar-refractivity contribution in [2.75, 3.05) is 0 Å². The molecule has 244 valence electrons. The first kappa shape index (κ1) is 29.1. The van der Waals surface area contributed by atoms with Crippen molar-refractivity contribution in [1.29, 1.82) is 0 Å². The number of aromatic nitrogens is 3. The van der Waals surface area contributed by atoms with Gasteiger partial charge in [-0.2, -0.15) is 0 Å². The number of para-hydroxylation sites is 1. The zero-order chi connectivity index (χ0) is 34.2. The van der Waals surface area contributed by atoms with Gasteiger partial charge in [-0.15, -0.1) is 11.3 Å². The van der Waals surface area contributed by atoms with Crippen molar-refractivity contribution in [2.24, 2.45) is 0 Å². The molecule has 11 rings (SSSR count). The zero-order valence-corrected chi connectivity index (χ0v) is 28.6. The summed E-state index contributed by atoms with van der Waals surface area (Å²) in [4.78, 5) is 15.4. The van der Waals surface area contributed by atoms with Gasteiger partial charge in [-0.3, -0.25) is 0 Å². The Labute approximate surface area is 302 Å². The highest BCUT2D eigenvalue weighted by Crippen LogP contribution is 2.37. The SMILES string of the molecule is C1=CC2=c3sc4ccc(-c5nc(-c6ccccc6)nc(-c6cccc7oc8ccccc8c67)n5)cc4c3=C(c3ccc4ccccc4c3)NC2C=C1. The second-order valence-electron chi connectivity index (χ2n) is 13.2. The summed E-state index contributed by atoms with van der Waals surface area (Å²) in [5.41, 5.74) is 8.01. The van der Waals surface area contributed by atoms with Gasteiger partial charge in [0.15, 0.2) is 17.5 Å². The third-order valence-corrected chi connectivity index (χ3v) is 11.4. The Balaban J connectivity index is 1.17. The Kier molecular flexibility index (Phi) is 6.42. The molecule has 0 saturated carbocycles. The lowest BCUT2D eigenvalue weighted by Crippen LogP contribution is -2.43. The van der Waals surface area contributed by atoms with Crippen LogP contribution < -0.4 is 15.1 Å². The Bertz CT molecular complexity index is 3120. The van der Waals surface area contributed by atoms with Crippen molar-refractivity contribution in [1.82, 2.24) is 20.3 Å². The molecule has 1 N–H and O–H groups in total. The summed E-state index contributed by atoms with van der Waals surface area (Å²) in [5, 5.41) is 10.8. The third kappa shape index (κ3) is 4.58. The standard InChI is InChI=1S/C46H28N4OS/c1-2-12-28(13-3-1)44-48-45(50-46(49-44)34-17-10-20-38-40(34)33-16-7-9-19-37(33)51-38)31-23-24-39-35(26-31)41-42(30-22-21-27-11-4-5-14-29(27)25-30)47-36-18-8-6-15-32(36)43(41)52-39/h1-26,36,47H. The average Bonchev–Trinajstić information content (AvgIpc) is 3.79. The Morgan fingerprint density at radius 1 is 0.577 bits per heavy atom. The number of thiophene rings is 1. The van der Waals surface area contributed by atoms with E-state index in [9.17, 15) is 0 Å². The fourth-order valence-electron chi connectivity index (χ4n) is 7.68. The molecule has 0 bridgehead atoms. The van der Waals surface area contributed by atoms with Crippen molar-refractivity contribution in [3.63, 3.8) is 0 Å². The van der Waals surface area contributed by atoms with E-state index >= 15 is 0 Å². The van der Waals surface area contributed by atoms with E-state index in [4.69, 9.17) is 19.4 Å². The van der Waals surface area contributed by atoms with Gasteiger partial charge in [0.1, 0.15) is 11.2 Å². The van der Waals surface area contributed by atoms with Crippen LogP contribution in [0.3, 0.4) is 0 Å². The van der Waals surface area contributed by atoms with Crippen molar-refractivity contribution in [3.8, 4) is 34.2 Å². The molecule has 0 radical (unpaired) electrons. The number of benzene rings is 6. The fourth-order valence-corrected chi connectivity index (χ4v) is 8.93. The van der Waals surface area contributed by atoms with E-state index in [-0.39, 0.29) is 6.04 Å². The topological polar surface area (TPSA) is 63.8 Å². The van der Waals surface area contributed by atoms with Crippen molar-refractivity contribution < 1.29 is 4.42 Å². The van der Waals surface area contributed by atoms with Gasteiger partial charge < -0.3 is 9.73 Å². The number of hydrogen-bond acceptors (Lipinski definition) is 6. The molecule has 9 aromatic rings. The maximum absolute atomic E-state index is 6.26. The summed E-state index contributed by atoms with van der Waals surface area (Å²) in [6, 6.07) is 46.4. The van der Waals surface area contributed by atoms with E-state index in [0.717, 1.165) is 44.3 Å². The number of furan rings is 1. The lowest BCUT2D eigenvalue weighted by atomic mass is 9.94. The third-order valence-electron chi connectivity index (χ3n) is 10.1. The van der Waals surface area contributed by atoms with Crippen LogP contribution >= 0.6 is 11.3 Å². The summed E-state index contributed by atoms with van der Waals surface area (Å²) >= 11 is 1.85. The Hall–Kier alpha value is -6.63. The smallest absolute Gasteiger partial charge is 0.164 e. The van der Waals surface area contributed by atoms with Gasteiger partial charge in [-0.05, 0) is 58.3 Å². The van der Waals surface area contributed by atoms with Crippen LogP contribution in [0.5, 0.6) is 0 Å². The molecule has 1 atom stereocenters. The van der Waals surface area contributed by atoms with Gasteiger partial charge in [0, 0.05) is 47.3 Å². The summed E-state index contributed by atoms with van der Waals surface area (Å²) < 4.78 is 8.77. The number of allylic oxidation sites excluding steroid dienone is 2. The predicted octanol–water partition coefficient (Wildman–Crippen LogP) is 9.54. The van der Waals surface area contributed by atoms with Crippen molar-refractivity contribution in [3.05, 3.63) is 173 Å². The van der Waals surface area contributed by atoms with E-state index in [1.165, 1.54) is 41.7 Å². The maximum atomic E-state index is 6.26. The highest BCUT2D eigenvalue weighted by atomic mass is 32.1. The molecular formula is C46H28N4OS. The van der Waals surface area contributed by atoms with Gasteiger partial charge in [0.2, 0.25) is 0 Å². The average molecular weight is 685 g/mol. The molecule has 1 aliphatic carbocycles. The minimum absolute atomic E-state index is 0.104.